The minimum Gasteiger partial charge on any atom is -0.507 e. The Labute approximate surface area is 235 Å². The summed E-state index contributed by atoms with van der Waals surface area (Å²) in [4.78, 5) is 45.5. The molecule has 9 nitrogen and oxygen atoms in total. The summed E-state index contributed by atoms with van der Waals surface area (Å²) in [6.07, 6.45) is 1.45. The van der Waals surface area contributed by atoms with Crippen molar-refractivity contribution in [3.8, 4) is 11.5 Å². The molecule has 10 heteroatoms. The van der Waals surface area contributed by atoms with Crippen molar-refractivity contribution in [3.63, 3.8) is 0 Å². The molecule has 0 unspecified atom stereocenters. The molecule has 1 atom stereocenters. The molecule has 3 aromatic rings. The molecule has 0 spiro atoms. The number of aliphatic hydroxyl groups excluding tert-OH is 1. The maximum Gasteiger partial charge on any atom is 0.350 e. The van der Waals surface area contributed by atoms with Gasteiger partial charge in [0.2, 0.25) is 0 Å². The highest BCUT2D eigenvalue weighted by Crippen LogP contribution is 2.45. The van der Waals surface area contributed by atoms with Crippen molar-refractivity contribution in [2.75, 3.05) is 24.7 Å². The zero-order valence-electron chi connectivity index (χ0n) is 22.3. The second kappa shape index (κ2) is 11.0. The quantitative estimate of drug-likeness (QED) is 0.136. The Morgan fingerprint density at radius 3 is 2.55 bits per heavy atom. The normalized spacial score (nSPS) is 17.8. The number of fused-ring (bicyclic) bond motifs is 1. The highest BCUT2D eigenvalue weighted by atomic mass is 32.1. The monoisotopic (exact) mass is 560 g/mol. The van der Waals surface area contributed by atoms with Gasteiger partial charge in [0.05, 0.1) is 17.3 Å². The average Bonchev–Trinajstić information content (AvgIpc) is 3.47. The first-order valence-corrected chi connectivity index (χ1v) is 13.6. The minimum absolute atomic E-state index is 0.0216. The molecule has 0 radical (unpaired) electrons. The third-order valence-corrected chi connectivity index (χ3v) is 7.82. The fourth-order valence-corrected chi connectivity index (χ4v) is 5.62. The zero-order chi connectivity index (χ0) is 28.6. The molecular formula is C30H28N2O7S. The van der Waals surface area contributed by atoms with Gasteiger partial charge in [-0.3, -0.25) is 14.5 Å². The van der Waals surface area contributed by atoms with Crippen LogP contribution >= 0.6 is 11.3 Å². The van der Waals surface area contributed by atoms with Crippen LogP contribution in [0, 0.1) is 6.92 Å². The van der Waals surface area contributed by atoms with Gasteiger partial charge in [0.25, 0.3) is 5.78 Å². The number of aryl methyl sites for hydroxylation is 1. The molecule has 0 bridgehead atoms. The van der Waals surface area contributed by atoms with E-state index in [0.717, 1.165) is 16.9 Å². The molecule has 2 aromatic carbocycles. The number of hydrogen-bond acceptors (Lipinski definition) is 9. The van der Waals surface area contributed by atoms with Gasteiger partial charge in [0, 0.05) is 5.56 Å². The summed E-state index contributed by atoms with van der Waals surface area (Å²) in [6.45, 7) is 10.1. The number of nitrogens with zero attached hydrogens (tertiary/aromatic N) is 2. The number of anilines is 1. The van der Waals surface area contributed by atoms with Crippen LogP contribution in [0.25, 0.3) is 5.76 Å². The average molecular weight is 561 g/mol. The summed E-state index contributed by atoms with van der Waals surface area (Å²) in [5, 5.41) is 11.6. The van der Waals surface area contributed by atoms with E-state index in [1.165, 1.54) is 11.0 Å². The molecule has 5 rings (SSSR count). The number of carbonyl (C=O) groups excluding carboxylic acids is 3. The van der Waals surface area contributed by atoms with E-state index < -0.39 is 23.7 Å². The number of hydrogen-bond donors (Lipinski definition) is 1. The number of thiazole rings is 1. The minimum atomic E-state index is -0.989. The van der Waals surface area contributed by atoms with Gasteiger partial charge in [-0.2, -0.15) is 0 Å². The summed E-state index contributed by atoms with van der Waals surface area (Å²) in [7, 11) is 0. The van der Waals surface area contributed by atoms with Crippen molar-refractivity contribution in [1.29, 1.82) is 0 Å². The number of ketones is 1. The van der Waals surface area contributed by atoms with Crippen LogP contribution in [0.5, 0.6) is 11.5 Å². The highest BCUT2D eigenvalue weighted by Gasteiger charge is 2.48. The van der Waals surface area contributed by atoms with E-state index in [-0.39, 0.29) is 33.9 Å². The first kappa shape index (κ1) is 27.1. The first-order valence-electron chi connectivity index (χ1n) is 12.8. The number of aromatic nitrogens is 1. The molecule has 1 N–H and O–H groups in total. The lowest BCUT2D eigenvalue weighted by molar-refractivity contribution is -0.132. The van der Waals surface area contributed by atoms with Crippen LogP contribution in [0.3, 0.4) is 0 Å². The van der Waals surface area contributed by atoms with Crippen LogP contribution in [0.4, 0.5) is 5.13 Å². The third-order valence-electron chi connectivity index (χ3n) is 6.69. The summed E-state index contributed by atoms with van der Waals surface area (Å²) >= 11 is 0.948. The number of esters is 1. The number of aliphatic hydroxyl groups is 1. The third kappa shape index (κ3) is 4.86. The van der Waals surface area contributed by atoms with E-state index in [1.54, 1.807) is 25.1 Å². The number of rotatable bonds is 7. The number of amides is 1. The molecule has 1 saturated heterocycles. The maximum absolute atomic E-state index is 13.5. The Kier molecular flexibility index (Phi) is 7.44. The SMILES string of the molecule is C=CCOC(=O)c1sc(N2C(=O)C(=O)/C(=C(/O)c3ccc4c(c3)OCCO4)[C@H]2c2ccc(C(C)C)cc2)nc1C. The molecule has 1 aromatic heterocycles. The van der Waals surface area contributed by atoms with Gasteiger partial charge in [0.15, 0.2) is 16.6 Å². The Hall–Kier alpha value is -4.44. The van der Waals surface area contributed by atoms with Gasteiger partial charge in [-0.05, 0) is 42.2 Å². The van der Waals surface area contributed by atoms with Crippen molar-refractivity contribution in [2.24, 2.45) is 0 Å². The standard InChI is InChI=1S/C30H28N2O7S/c1-5-12-39-29(36)27-17(4)31-30(40-27)32-24(19-8-6-18(7-9-19)16(2)3)23(26(34)28(32)35)25(33)20-10-11-21-22(15-20)38-14-13-37-21/h5-11,15-16,24,33H,1,12-14H2,2-4H3/b25-23+/t24-/m1/s1. The molecule has 2 aliphatic heterocycles. The smallest absolute Gasteiger partial charge is 0.350 e. The topological polar surface area (TPSA) is 115 Å². The van der Waals surface area contributed by atoms with E-state index in [4.69, 9.17) is 14.2 Å². The zero-order valence-corrected chi connectivity index (χ0v) is 23.1. The van der Waals surface area contributed by atoms with Crippen molar-refractivity contribution < 1.29 is 33.7 Å². The number of benzene rings is 2. The van der Waals surface area contributed by atoms with Gasteiger partial charge in [-0.15, -0.1) is 0 Å². The van der Waals surface area contributed by atoms with Gasteiger partial charge >= 0.3 is 11.9 Å². The summed E-state index contributed by atoms with van der Waals surface area (Å²) < 4.78 is 16.4. The van der Waals surface area contributed by atoms with Gasteiger partial charge in [0.1, 0.15) is 30.5 Å². The fraction of sp³-hybridized carbons (Fsp3) is 0.267. The van der Waals surface area contributed by atoms with Crippen molar-refractivity contribution >= 4 is 39.9 Å². The highest BCUT2D eigenvalue weighted by molar-refractivity contribution is 7.17. The van der Waals surface area contributed by atoms with Crippen molar-refractivity contribution in [3.05, 3.63) is 88.0 Å². The Balaban J connectivity index is 1.65. The molecule has 2 aliphatic rings. The molecule has 40 heavy (non-hydrogen) atoms. The second-order valence-corrected chi connectivity index (χ2v) is 10.6. The lowest BCUT2D eigenvalue weighted by atomic mass is 9.93. The van der Waals surface area contributed by atoms with E-state index in [2.05, 4.69) is 25.4 Å². The number of carbonyl (C=O) groups is 3. The molecular weight excluding hydrogens is 532 g/mol. The van der Waals surface area contributed by atoms with Crippen molar-refractivity contribution in [2.45, 2.75) is 32.7 Å². The predicted molar refractivity (Wildman–Crippen MR) is 150 cm³/mol. The lowest BCUT2D eigenvalue weighted by Gasteiger charge is -2.24. The fourth-order valence-electron chi connectivity index (χ4n) is 4.63. The van der Waals surface area contributed by atoms with Crippen LogP contribution in [0.15, 0.2) is 60.7 Å². The molecule has 1 amide bonds. The molecule has 0 saturated carbocycles. The maximum atomic E-state index is 13.5. The predicted octanol–water partition coefficient (Wildman–Crippen LogP) is 5.32. The van der Waals surface area contributed by atoms with E-state index >= 15 is 0 Å². The summed E-state index contributed by atoms with van der Waals surface area (Å²) in [5.41, 5.74) is 2.24. The molecule has 3 heterocycles. The molecule has 0 aliphatic carbocycles. The first-order chi connectivity index (χ1) is 19.2. The molecule has 1 fully saturated rings. The Bertz CT molecular complexity index is 1540. The largest absolute Gasteiger partial charge is 0.507 e. The van der Waals surface area contributed by atoms with Crippen LogP contribution in [0.1, 0.15) is 57.9 Å². The van der Waals surface area contributed by atoms with Crippen LogP contribution in [-0.2, 0) is 14.3 Å². The Morgan fingerprint density at radius 2 is 1.88 bits per heavy atom. The van der Waals surface area contributed by atoms with E-state index in [9.17, 15) is 19.5 Å². The van der Waals surface area contributed by atoms with Gasteiger partial charge in [-0.25, -0.2) is 9.78 Å². The van der Waals surface area contributed by atoms with Gasteiger partial charge in [-0.1, -0.05) is 62.1 Å². The van der Waals surface area contributed by atoms with E-state index in [0.29, 0.717) is 41.5 Å². The number of ether oxygens (including phenoxy) is 3. The van der Waals surface area contributed by atoms with E-state index in [1.807, 2.05) is 24.3 Å². The summed E-state index contributed by atoms with van der Waals surface area (Å²) in [5.74, 6) is -1.46. The van der Waals surface area contributed by atoms with Crippen LogP contribution < -0.4 is 14.4 Å². The lowest BCUT2D eigenvalue weighted by Crippen LogP contribution is -2.29. The molecule has 206 valence electrons. The number of Topliss-reactive ketones (excluding diaryl/α,β-unsaturated/α-hetero) is 1. The van der Waals surface area contributed by atoms with Crippen LogP contribution in [-0.4, -0.2) is 47.6 Å². The van der Waals surface area contributed by atoms with Crippen LogP contribution in [0.2, 0.25) is 0 Å². The Morgan fingerprint density at radius 1 is 1.18 bits per heavy atom. The summed E-state index contributed by atoms with van der Waals surface area (Å²) in [6, 6.07) is 11.4. The van der Waals surface area contributed by atoms with Crippen molar-refractivity contribution in [1.82, 2.24) is 4.98 Å². The second-order valence-electron chi connectivity index (χ2n) is 9.65. The van der Waals surface area contributed by atoms with Gasteiger partial charge < -0.3 is 19.3 Å².